The second-order valence-corrected chi connectivity index (χ2v) is 5.35. The summed E-state index contributed by atoms with van der Waals surface area (Å²) in [5.41, 5.74) is 5.29. The number of hydrogen-bond acceptors (Lipinski definition) is 0. The number of nitrogens with one attached hydrogen (secondary N) is 1. The molecule has 0 saturated heterocycles. The van der Waals surface area contributed by atoms with Crippen molar-refractivity contribution in [3.63, 3.8) is 0 Å². The monoisotopic (exact) mass is 248 g/mol. The van der Waals surface area contributed by atoms with Gasteiger partial charge in [-0.05, 0) is 29.0 Å². The highest BCUT2D eigenvalue weighted by molar-refractivity contribution is 5.82. The molecule has 2 aromatic carbocycles. The molecule has 1 radical (unpaired) electrons. The zero-order valence-electron chi connectivity index (χ0n) is 11.4. The van der Waals surface area contributed by atoms with E-state index in [1.165, 1.54) is 22.2 Å². The molecule has 0 spiro atoms. The molecule has 1 N–H and O–H groups in total. The molecule has 1 heteroatoms. The first kappa shape index (κ1) is 12.0. The number of aromatic nitrogens is 1. The van der Waals surface area contributed by atoms with Gasteiger partial charge in [0.2, 0.25) is 0 Å². The fourth-order valence-corrected chi connectivity index (χ4v) is 2.46. The predicted molar refractivity (Wildman–Crippen MR) is 80.5 cm³/mol. The van der Waals surface area contributed by atoms with E-state index in [-0.39, 0.29) is 0 Å². The molecule has 0 amide bonds. The van der Waals surface area contributed by atoms with Crippen LogP contribution in [-0.2, 0) is 6.42 Å². The van der Waals surface area contributed by atoms with E-state index in [1.807, 2.05) is 6.20 Å². The van der Waals surface area contributed by atoms with Crippen LogP contribution in [0.15, 0.2) is 48.7 Å². The zero-order chi connectivity index (χ0) is 13.2. The van der Waals surface area contributed by atoms with Crippen molar-refractivity contribution in [2.24, 2.45) is 0 Å². The van der Waals surface area contributed by atoms with Crippen molar-refractivity contribution < 1.29 is 0 Å². The summed E-state index contributed by atoms with van der Waals surface area (Å²) in [6.07, 6.45) is 2.85. The summed E-state index contributed by atoms with van der Waals surface area (Å²) in [6, 6.07) is 18.5. The van der Waals surface area contributed by atoms with Crippen LogP contribution < -0.4 is 0 Å². The molecule has 0 aliphatic carbocycles. The first-order valence-electron chi connectivity index (χ1n) is 6.79. The third-order valence-corrected chi connectivity index (χ3v) is 3.64. The predicted octanol–water partition coefficient (Wildman–Crippen LogP) is 4.68. The van der Waals surface area contributed by atoms with Gasteiger partial charge in [-0.15, -0.1) is 0 Å². The maximum Gasteiger partial charge on any atom is 0.0496 e. The van der Waals surface area contributed by atoms with Gasteiger partial charge in [-0.25, -0.2) is 0 Å². The van der Waals surface area contributed by atoms with E-state index in [9.17, 15) is 0 Å². The van der Waals surface area contributed by atoms with Crippen molar-refractivity contribution >= 4 is 10.9 Å². The first-order valence-corrected chi connectivity index (χ1v) is 6.79. The van der Waals surface area contributed by atoms with Gasteiger partial charge in [0, 0.05) is 23.2 Å². The lowest BCUT2D eigenvalue weighted by Gasteiger charge is -2.08. The van der Waals surface area contributed by atoms with E-state index in [1.54, 1.807) is 0 Å². The number of fused-ring (bicyclic) bond motifs is 1. The molecule has 0 atom stereocenters. The lowest BCUT2D eigenvalue weighted by molar-refractivity contribution is 0.865. The summed E-state index contributed by atoms with van der Waals surface area (Å²) in [5.74, 6) is 0.593. The molecule has 3 aromatic rings. The molecule has 0 fully saturated rings. The minimum absolute atomic E-state index is 0.593. The van der Waals surface area contributed by atoms with Crippen molar-refractivity contribution in [1.29, 1.82) is 0 Å². The smallest absolute Gasteiger partial charge is 0.0496 e. The van der Waals surface area contributed by atoms with Crippen LogP contribution in [0, 0.1) is 6.07 Å². The van der Waals surface area contributed by atoms with Crippen molar-refractivity contribution in [3.05, 3.63) is 71.4 Å². The van der Waals surface area contributed by atoms with Gasteiger partial charge in [0.05, 0.1) is 0 Å². The van der Waals surface area contributed by atoms with Gasteiger partial charge in [-0.1, -0.05) is 56.3 Å². The second kappa shape index (κ2) is 4.93. The van der Waals surface area contributed by atoms with E-state index in [2.05, 4.69) is 67.4 Å². The number of rotatable bonds is 3. The number of H-pyrrole nitrogens is 1. The Labute approximate surface area is 114 Å². The highest BCUT2D eigenvalue weighted by atomic mass is 14.7. The lowest BCUT2D eigenvalue weighted by atomic mass is 9.98. The van der Waals surface area contributed by atoms with Gasteiger partial charge in [0.15, 0.2) is 0 Å². The van der Waals surface area contributed by atoms with Gasteiger partial charge in [-0.3, -0.25) is 0 Å². The van der Waals surface area contributed by atoms with Crippen LogP contribution in [0.5, 0.6) is 0 Å². The molecule has 1 heterocycles. The third-order valence-electron chi connectivity index (χ3n) is 3.64. The quantitative estimate of drug-likeness (QED) is 0.692. The van der Waals surface area contributed by atoms with Gasteiger partial charge < -0.3 is 4.98 Å². The maximum absolute atomic E-state index is 3.28. The van der Waals surface area contributed by atoms with E-state index in [4.69, 9.17) is 0 Å². The molecular formula is C18H18N. The van der Waals surface area contributed by atoms with Crippen LogP contribution in [0.4, 0.5) is 0 Å². The average molecular weight is 248 g/mol. The average Bonchev–Trinajstić information content (AvgIpc) is 2.89. The summed E-state index contributed by atoms with van der Waals surface area (Å²) < 4.78 is 0. The minimum atomic E-state index is 0.593. The second-order valence-electron chi connectivity index (χ2n) is 5.35. The van der Waals surface area contributed by atoms with E-state index in [0.29, 0.717) is 5.92 Å². The Kier molecular flexibility index (Phi) is 3.12. The molecule has 0 bridgehead atoms. The Morgan fingerprint density at radius 1 is 1.05 bits per heavy atom. The van der Waals surface area contributed by atoms with Crippen molar-refractivity contribution in [2.45, 2.75) is 26.2 Å². The molecule has 0 saturated carbocycles. The Hall–Kier alpha value is -2.02. The van der Waals surface area contributed by atoms with Crippen LogP contribution in [0.25, 0.3) is 10.9 Å². The van der Waals surface area contributed by atoms with Gasteiger partial charge in [0.1, 0.15) is 0 Å². The summed E-state index contributed by atoms with van der Waals surface area (Å²) in [4.78, 5) is 3.28. The fraction of sp³-hybridized carbons (Fsp3) is 0.222. The Morgan fingerprint density at radius 2 is 1.84 bits per heavy atom. The van der Waals surface area contributed by atoms with E-state index < -0.39 is 0 Å². The van der Waals surface area contributed by atoms with Crippen LogP contribution >= 0.6 is 0 Å². The van der Waals surface area contributed by atoms with Crippen LogP contribution in [0.3, 0.4) is 0 Å². The molecule has 0 aliphatic heterocycles. The molecule has 3 rings (SSSR count). The molecular weight excluding hydrogens is 230 g/mol. The summed E-state index contributed by atoms with van der Waals surface area (Å²) in [6.45, 7) is 4.45. The normalized spacial score (nSPS) is 11.3. The number of benzene rings is 2. The van der Waals surface area contributed by atoms with Crippen molar-refractivity contribution in [1.82, 2.24) is 4.98 Å². The highest BCUT2D eigenvalue weighted by Crippen LogP contribution is 2.21. The van der Waals surface area contributed by atoms with Crippen LogP contribution in [0.2, 0.25) is 0 Å². The Balaban J connectivity index is 1.90. The summed E-state index contributed by atoms with van der Waals surface area (Å²) in [5, 5.41) is 1.16. The Bertz CT molecular complexity index is 674. The number of hydrogen-bond donors (Lipinski definition) is 1. The van der Waals surface area contributed by atoms with Crippen LogP contribution in [0.1, 0.15) is 36.5 Å². The third kappa shape index (κ3) is 2.41. The first-order chi connectivity index (χ1) is 9.24. The van der Waals surface area contributed by atoms with Gasteiger partial charge >= 0.3 is 0 Å². The number of para-hydroxylation sites is 1. The molecule has 0 aliphatic rings. The van der Waals surface area contributed by atoms with Crippen LogP contribution in [-0.4, -0.2) is 4.98 Å². The maximum atomic E-state index is 3.28. The van der Waals surface area contributed by atoms with E-state index in [0.717, 1.165) is 11.8 Å². The van der Waals surface area contributed by atoms with Gasteiger partial charge in [0.25, 0.3) is 0 Å². The SMILES string of the molecule is CC(C)c1ccc(Cc2cccc3[c]c[nH]c23)cc1. The fourth-order valence-electron chi connectivity index (χ4n) is 2.46. The molecule has 0 unspecified atom stereocenters. The lowest BCUT2D eigenvalue weighted by Crippen LogP contribution is -1.92. The highest BCUT2D eigenvalue weighted by Gasteiger charge is 2.04. The molecule has 19 heavy (non-hydrogen) atoms. The van der Waals surface area contributed by atoms with E-state index >= 15 is 0 Å². The molecule has 1 nitrogen and oxygen atoms in total. The zero-order valence-corrected chi connectivity index (χ0v) is 11.4. The molecule has 1 aromatic heterocycles. The largest absolute Gasteiger partial charge is 0.360 e. The molecule has 95 valence electrons. The van der Waals surface area contributed by atoms with Gasteiger partial charge in [-0.2, -0.15) is 0 Å². The Morgan fingerprint density at radius 3 is 2.58 bits per heavy atom. The summed E-state index contributed by atoms with van der Waals surface area (Å²) in [7, 11) is 0. The minimum Gasteiger partial charge on any atom is -0.360 e. The van der Waals surface area contributed by atoms with Crippen molar-refractivity contribution in [3.8, 4) is 0 Å². The topological polar surface area (TPSA) is 15.8 Å². The number of aromatic amines is 1. The summed E-state index contributed by atoms with van der Waals surface area (Å²) >= 11 is 0. The standard InChI is InChI=1S/C18H18N/c1-13(2)15-8-6-14(7-9-15)12-17-5-3-4-16-10-11-19-18(16)17/h3-9,11,13,19H,12H2,1-2H3. The van der Waals surface area contributed by atoms with Crippen molar-refractivity contribution in [2.75, 3.05) is 0 Å².